The lowest BCUT2D eigenvalue weighted by molar-refractivity contribution is 0.179. The molecular weight excluding hydrogens is 216 g/mol. The third kappa shape index (κ3) is 3.75. The van der Waals surface area contributed by atoms with Crippen LogP contribution in [0.2, 0.25) is 0 Å². The van der Waals surface area contributed by atoms with Gasteiger partial charge in [-0.25, -0.2) is 4.79 Å². The number of nitrogens with zero attached hydrogens (tertiary/aromatic N) is 1. The Bertz CT molecular complexity index is 367. The highest BCUT2D eigenvalue weighted by molar-refractivity contribution is 5.70. The van der Waals surface area contributed by atoms with E-state index in [4.69, 9.17) is 4.74 Å². The van der Waals surface area contributed by atoms with Gasteiger partial charge < -0.3 is 15.0 Å². The maximum absolute atomic E-state index is 11.6. The van der Waals surface area contributed by atoms with E-state index in [1.807, 2.05) is 18.2 Å². The van der Waals surface area contributed by atoms with Crippen molar-refractivity contribution in [2.45, 2.75) is 18.9 Å². The Labute approximate surface area is 102 Å². The molecule has 1 aliphatic heterocycles. The van der Waals surface area contributed by atoms with Gasteiger partial charge in [0.05, 0.1) is 0 Å². The van der Waals surface area contributed by atoms with Crippen LogP contribution in [0.15, 0.2) is 30.3 Å². The van der Waals surface area contributed by atoms with E-state index in [0.29, 0.717) is 5.75 Å². The van der Waals surface area contributed by atoms with Crippen molar-refractivity contribution in [1.82, 2.24) is 10.2 Å². The molecule has 0 saturated carbocycles. The number of likely N-dealkylation sites (N-methyl/N-ethyl adjacent to an activating group) is 1. The fourth-order valence-corrected chi connectivity index (χ4v) is 2.08. The highest BCUT2D eigenvalue weighted by Gasteiger charge is 2.19. The minimum atomic E-state index is -0.364. The predicted molar refractivity (Wildman–Crippen MR) is 66.1 cm³/mol. The van der Waals surface area contributed by atoms with Crippen molar-refractivity contribution >= 4 is 6.09 Å². The third-order valence-electron chi connectivity index (χ3n) is 2.90. The van der Waals surface area contributed by atoms with Gasteiger partial charge in [0.2, 0.25) is 0 Å². The highest BCUT2D eigenvalue weighted by atomic mass is 16.6. The maximum Gasteiger partial charge on any atom is 0.412 e. The number of hydrogen-bond donors (Lipinski definition) is 1. The first-order valence-electron chi connectivity index (χ1n) is 5.96. The average molecular weight is 234 g/mol. The standard InChI is InChI=1S/C13H18N2O2/c1-15-9-5-6-11(10-15)14-13(16)17-12-7-3-2-4-8-12/h2-4,7-8,11H,5-6,9-10H2,1H3,(H,14,16). The zero-order chi connectivity index (χ0) is 12.1. The zero-order valence-corrected chi connectivity index (χ0v) is 10.1. The number of amides is 1. The molecule has 1 amide bonds. The second kappa shape index (κ2) is 5.68. The van der Waals surface area contributed by atoms with Crippen LogP contribution < -0.4 is 10.1 Å². The van der Waals surface area contributed by atoms with Gasteiger partial charge in [0, 0.05) is 12.6 Å². The number of benzene rings is 1. The van der Waals surface area contributed by atoms with E-state index in [1.165, 1.54) is 0 Å². The summed E-state index contributed by atoms with van der Waals surface area (Å²) in [5.41, 5.74) is 0. The molecule has 17 heavy (non-hydrogen) atoms. The lowest BCUT2D eigenvalue weighted by Gasteiger charge is -2.29. The number of carbonyl (C=O) groups excluding carboxylic acids is 1. The molecule has 0 aliphatic carbocycles. The summed E-state index contributed by atoms with van der Waals surface area (Å²) < 4.78 is 5.18. The Morgan fingerprint density at radius 2 is 2.18 bits per heavy atom. The SMILES string of the molecule is CN1CCCC(NC(=O)Oc2ccccc2)C1. The second-order valence-electron chi connectivity index (χ2n) is 4.45. The van der Waals surface area contributed by atoms with Crippen molar-refractivity contribution in [3.05, 3.63) is 30.3 Å². The second-order valence-corrected chi connectivity index (χ2v) is 4.45. The first-order chi connectivity index (χ1) is 8.24. The topological polar surface area (TPSA) is 41.6 Å². The molecule has 0 spiro atoms. The summed E-state index contributed by atoms with van der Waals surface area (Å²) in [7, 11) is 2.07. The van der Waals surface area contributed by atoms with Crippen LogP contribution in [0, 0.1) is 0 Å². The molecule has 92 valence electrons. The van der Waals surface area contributed by atoms with E-state index in [9.17, 15) is 4.79 Å². The Hall–Kier alpha value is -1.55. The van der Waals surface area contributed by atoms with Crippen LogP contribution in [0.3, 0.4) is 0 Å². The number of hydrogen-bond acceptors (Lipinski definition) is 3. The minimum absolute atomic E-state index is 0.199. The lowest BCUT2D eigenvalue weighted by Crippen LogP contribution is -2.47. The maximum atomic E-state index is 11.6. The molecule has 1 saturated heterocycles. The van der Waals surface area contributed by atoms with Crippen LogP contribution in [-0.4, -0.2) is 37.2 Å². The van der Waals surface area contributed by atoms with Crippen molar-refractivity contribution in [2.75, 3.05) is 20.1 Å². The normalized spacial score (nSPS) is 20.9. The monoisotopic (exact) mass is 234 g/mol. The van der Waals surface area contributed by atoms with Crippen molar-refractivity contribution < 1.29 is 9.53 Å². The minimum Gasteiger partial charge on any atom is -0.410 e. The molecule has 1 atom stereocenters. The fourth-order valence-electron chi connectivity index (χ4n) is 2.08. The Morgan fingerprint density at radius 3 is 2.88 bits per heavy atom. The number of rotatable bonds is 2. The summed E-state index contributed by atoms with van der Waals surface area (Å²) in [6.45, 7) is 2.00. The molecule has 4 nitrogen and oxygen atoms in total. The van der Waals surface area contributed by atoms with E-state index in [-0.39, 0.29) is 12.1 Å². The van der Waals surface area contributed by atoms with Crippen molar-refractivity contribution in [3.63, 3.8) is 0 Å². The van der Waals surface area contributed by atoms with Gasteiger partial charge >= 0.3 is 6.09 Å². The summed E-state index contributed by atoms with van der Waals surface area (Å²) in [6.07, 6.45) is 1.78. The first kappa shape index (κ1) is 11.9. The van der Waals surface area contributed by atoms with Gasteiger partial charge in [-0.2, -0.15) is 0 Å². The zero-order valence-electron chi connectivity index (χ0n) is 10.1. The molecule has 1 N–H and O–H groups in total. The van der Waals surface area contributed by atoms with Gasteiger partial charge in [0.25, 0.3) is 0 Å². The average Bonchev–Trinajstić information content (AvgIpc) is 2.30. The van der Waals surface area contributed by atoms with Crippen LogP contribution in [-0.2, 0) is 0 Å². The van der Waals surface area contributed by atoms with Crippen LogP contribution >= 0.6 is 0 Å². The van der Waals surface area contributed by atoms with E-state index in [0.717, 1.165) is 25.9 Å². The number of piperidine rings is 1. The van der Waals surface area contributed by atoms with Gasteiger partial charge in [-0.3, -0.25) is 0 Å². The molecule has 1 heterocycles. The number of para-hydroxylation sites is 1. The highest BCUT2D eigenvalue weighted by Crippen LogP contribution is 2.10. The molecule has 1 aromatic rings. The summed E-state index contributed by atoms with van der Waals surface area (Å²) in [5.74, 6) is 0.578. The molecule has 1 aromatic carbocycles. The lowest BCUT2D eigenvalue weighted by atomic mass is 10.1. The van der Waals surface area contributed by atoms with Crippen LogP contribution in [0.5, 0.6) is 5.75 Å². The molecule has 4 heteroatoms. The smallest absolute Gasteiger partial charge is 0.410 e. The number of ether oxygens (including phenoxy) is 1. The number of likely N-dealkylation sites (tertiary alicyclic amines) is 1. The molecular formula is C13H18N2O2. The number of nitrogens with one attached hydrogen (secondary N) is 1. The van der Waals surface area contributed by atoms with Gasteiger partial charge in [-0.1, -0.05) is 18.2 Å². The van der Waals surface area contributed by atoms with Crippen molar-refractivity contribution in [3.8, 4) is 5.75 Å². The Morgan fingerprint density at radius 1 is 1.41 bits per heavy atom. The van der Waals surface area contributed by atoms with Gasteiger partial charge in [-0.05, 0) is 38.6 Å². The van der Waals surface area contributed by atoms with E-state index >= 15 is 0 Å². The summed E-state index contributed by atoms with van der Waals surface area (Å²) in [5, 5.41) is 2.89. The fraction of sp³-hybridized carbons (Fsp3) is 0.462. The molecule has 0 aromatic heterocycles. The molecule has 0 bridgehead atoms. The first-order valence-corrected chi connectivity index (χ1v) is 5.96. The van der Waals surface area contributed by atoms with Crippen molar-refractivity contribution in [2.24, 2.45) is 0 Å². The van der Waals surface area contributed by atoms with Crippen LogP contribution in [0.4, 0.5) is 4.79 Å². The third-order valence-corrected chi connectivity index (χ3v) is 2.90. The number of carbonyl (C=O) groups is 1. The van der Waals surface area contributed by atoms with Crippen LogP contribution in [0.25, 0.3) is 0 Å². The summed E-state index contributed by atoms with van der Waals surface area (Å²) in [4.78, 5) is 13.9. The molecule has 1 unspecified atom stereocenters. The quantitative estimate of drug-likeness (QED) is 0.849. The molecule has 2 rings (SSSR count). The van der Waals surface area contributed by atoms with E-state index in [1.54, 1.807) is 12.1 Å². The summed E-state index contributed by atoms with van der Waals surface area (Å²) >= 11 is 0. The predicted octanol–water partition coefficient (Wildman–Crippen LogP) is 1.87. The van der Waals surface area contributed by atoms with Gasteiger partial charge in [0.15, 0.2) is 0 Å². The van der Waals surface area contributed by atoms with E-state index < -0.39 is 0 Å². The molecule has 1 aliphatic rings. The molecule has 1 fully saturated rings. The van der Waals surface area contributed by atoms with Gasteiger partial charge in [-0.15, -0.1) is 0 Å². The van der Waals surface area contributed by atoms with Crippen LogP contribution in [0.1, 0.15) is 12.8 Å². The van der Waals surface area contributed by atoms with Crippen molar-refractivity contribution in [1.29, 1.82) is 0 Å². The summed E-state index contributed by atoms with van der Waals surface area (Å²) in [6, 6.07) is 9.32. The Kier molecular flexibility index (Phi) is 3.98. The molecule has 0 radical (unpaired) electrons. The van der Waals surface area contributed by atoms with E-state index in [2.05, 4.69) is 17.3 Å². The largest absolute Gasteiger partial charge is 0.412 e. The Balaban J connectivity index is 1.81. The van der Waals surface area contributed by atoms with Gasteiger partial charge in [0.1, 0.15) is 5.75 Å².